The van der Waals surface area contributed by atoms with Crippen molar-refractivity contribution in [2.24, 2.45) is 0 Å². The molecule has 0 bridgehead atoms. The van der Waals surface area contributed by atoms with E-state index in [0.29, 0.717) is 32.5 Å². The van der Waals surface area contributed by atoms with Gasteiger partial charge in [-0.15, -0.1) is 5.06 Å². The zero-order valence-corrected chi connectivity index (χ0v) is 17.1. The molecule has 6 nitrogen and oxygen atoms in total. The molecule has 0 aliphatic carbocycles. The van der Waals surface area contributed by atoms with Crippen LogP contribution in [-0.4, -0.2) is 41.8 Å². The van der Waals surface area contributed by atoms with Gasteiger partial charge in [0, 0.05) is 18.9 Å². The molecule has 1 N–H and O–H groups in total. The summed E-state index contributed by atoms with van der Waals surface area (Å²) in [4.78, 5) is 26.6. The molecule has 0 amide bonds. The fraction of sp³-hybridized carbons (Fsp3) is 0.280. The highest BCUT2D eigenvalue weighted by atomic mass is 16.8. The fourth-order valence-corrected chi connectivity index (χ4v) is 4.16. The molecule has 4 rings (SSSR count). The molecule has 0 radical (unpaired) electrons. The number of rotatable bonds is 7. The van der Waals surface area contributed by atoms with Crippen LogP contribution in [0.3, 0.4) is 0 Å². The molecule has 3 aromatic carbocycles. The number of carboxylic acid groups (broad SMARTS) is 1. The van der Waals surface area contributed by atoms with Crippen LogP contribution in [0.5, 0.6) is 0 Å². The highest BCUT2D eigenvalue weighted by Gasteiger charge is 2.33. The van der Waals surface area contributed by atoms with Gasteiger partial charge in [-0.3, -0.25) is 0 Å². The Morgan fingerprint density at radius 3 is 2.52 bits per heavy atom. The molecule has 6 heteroatoms. The van der Waals surface area contributed by atoms with Crippen LogP contribution in [0.25, 0.3) is 10.8 Å². The Hall–Kier alpha value is -3.22. The molecule has 31 heavy (non-hydrogen) atoms. The quantitative estimate of drug-likeness (QED) is 0.566. The van der Waals surface area contributed by atoms with Crippen molar-refractivity contribution in [1.82, 2.24) is 5.06 Å². The first kappa shape index (κ1) is 21.0. The standard InChI is InChI=1S/C25H25NO5/c27-14-12-18-5-9-21(10-6-18)23-11-13-26(31-25(28)29)16-24(23)30-17-19-7-8-20-3-1-2-4-22(20)15-19/h1-10,14-15,23-24H,11-13,16-17H2,(H,28,29). The highest BCUT2D eigenvalue weighted by molar-refractivity contribution is 5.82. The van der Waals surface area contributed by atoms with Crippen LogP contribution in [0, 0.1) is 0 Å². The van der Waals surface area contributed by atoms with Crippen LogP contribution in [-0.2, 0) is 27.4 Å². The minimum atomic E-state index is -1.31. The van der Waals surface area contributed by atoms with Gasteiger partial charge in [-0.2, -0.15) is 0 Å². The molecule has 3 aromatic rings. The summed E-state index contributed by atoms with van der Waals surface area (Å²) in [6.07, 6.45) is 0.462. The van der Waals surface area contributed by atoms with Gasteiger partial charge >= 0.3 is 6.16 Å². The van der Waals surface area contributed by atoms with Crippen molar-refractivity contribution >= 4 is 23.2 Å². The van der Waals surface area contributed by atoms with E-state index in [4.69, 9.17) is 14.7 Å². The Kier molecular flexibility index (Phi) is 6.60. The Morgan fingerprint density at radius 2 is 1.77 bits per heavy atom. The summed E-state index contributed by atoms with van der Waals surface area (Å²) >= 11 is 0. The Bertz CT molecular complexity index is 1050. The van der Waals surface area contributed by atoms with E-state index >= 15 is 0 Å². The first-order valence-corrected chi connectivity index (χ1v) is 10.4. The van der Waals surface area contributed by atoms with Gasteiger partial charge in [0.15, 0.2) is 0 Å². The molecule has 0 aromatic heterocycles. The number of carbonyl (C=O) groups excluding carboxylic acids is 1. The van der Waals surface area contributed by atoms with E-state index < -0.39 is 6.16 Å². The van der Waals surface area contributed by atoms with Gasteiger partial charge in [-0.05, 0) is 39.9 Å². The van der Waals surface area contributed by atoms with Crippen LogP contribution in [0.15, 0.2) is 66.7 Å². The van der Waals surface area contributed by atoms with Gasteiger partial charge in [0.1, 0.15) is 6.29 Å². The van der Waals surface area contributed by atoms with Crippen LogP contribution in [0.2, 0.25) is 0 Å². The zero-order valence-electron chi connectivity index (χ0n) is 17.1. The first-order valence-electron chi connectivity index (χ1n) is 10.4. The zero-order chi connectivity index (χ0) is 21.6. The number of ether oxygens (including phenoxy) is 1. The van der Waals surface area contributed by atoms with E-state index in [-0.39, 0.29) is 12.0 Å². The molecule has 1 heterocycles. The van der Waals surface area contributed by atoms with E-state index in [0.717, 1.165) is 28.4 Å². The van der Waals surface area contributed by atoms with Crippen molar-refractivity contribution in [3.63, 3.8) is 0 Å². The van der Waals surface area contributed by atoms with Crippen molar-refractivity contribution in [2.75, 3.05) is 13.1 Å². The van der Waals surface area contributed by atoms with Gasteiger partial charge < -0.3 is 19.5 Å². The third-order valence-electron chi connectivity index (χ3n) is 5.73. The number of hydrogen-bond donors (Lipinski definition) is 1. The second kappa shape index (κ2) is 9.73. The Labute approximate surface area is 181 Å². The van der Waals surface area contributed by atoms with Crippen LogP contribution >= 0.6 is 0 Å². The molecule has 0 spiro atoms. The summed E-state index contributed by atoms with van der Waals surface area (Å²) in [6, 6.07) is 22.4. The predicted octanol–water partition coefficient (Wildman–Crippen LogP) is 4.57. The van der Waals surface area contributed by atoms with Crippen molar-refractivity contribution in [3.05, 3.63) is 83.4 Å². The largest absolute Gasteiger partial charge is 0.525 e. The van der Waals surface area contributed by atoms with Gasteiger partial charge in [0.05, 0.1) is 19.3 Å². The molecule has 2 unspecified atom stereocenters. The van der Waals surface area contributed by atoms with Crippen molar-refractivity contribution in [3.8, 4) is 0 Å². The average molecular weight is 419 g/mol. The van der Waals surface area contributed by atoms with E-state index in [1.54, 1.807) is 0 Å². The average Bonchev–Trinajstić information content (AvgIpc) is 2.78. The monoisotopic (exact) mass is 419 g/mol. The number of hydrogen-bond acceptors (Lipinski definition) is 5. The number of benzene rings is 3. The summed E-state index contributed by atoms with van der Waals surface area (Å²) < 4.78 is 6.30. The van der Waals surface area contributed by atoms with E-state index in [1.807, 2.05) is 36.4 Å². The smallest absolute Gasteiger partial charge is 0.448 e. The second-order valence-electron chi connectivity index (χ2n) is 7.78. The number of fused-ring (bicyclic) bond motifs is 1. The third-order valence-corrected chi connectivity index (χ3v) is 5.73. The summed E-state index contributed by atoms with van der Waals surface area (Å²) in [5.74, 6) is 0.111. The van der Waals surface area contributed by atoms with Crippen LogP contribution in [0.1, 0.15) is 29.0 Å². The lowest BCUT2D eigenvalue weighted by molar-refractivity contribution is -0.166. The second-order valence-corrected chi connectivity index (χ2v) is 7.78. The maximum atomic E-state index is 11.0. The molecular formula is C25H25NO5. The molecule has 2 atom stereocenters. The third kappa shape index (κ3) is 5.29. The molecule has 160 valence electrons. The maximum absolute atomic E-state index is 11.0. The normalized spacial score (nSPS) is 19.2. The first-order chi connectivity index (χ1) is 15.1. The van der Waals surface area contributed by atoms with E-state index in [9.17, 15) is 9.59 Å². The number of nitrogens with zero attached hydrogens (tertiary/aromatic N) is 1. The molecule has 1 aliphatic rings. The SMILES string of the molecule is O=CCc1ccc(C2CCN(OC(=O)O)CC2OCc2ccc3ccccc3c2)cc1. The number of aldehydes is 1. The van der Waals surface area contributed by atoms with Crippen LogP contribution < -0.4 is 0 Å². The number of piperidine rings is 1. The predicted molar refractivity (Wildman–Crippen MR) is 117 cm³/mol. The maximum Gasteiger partial charge on any atom is 0.525 e. The minimum absolute atomic E-state index is 0.111. The van der Waals surface area contributed by atoms with Crippen molar-refractivity contribution in [2.45, 2.75) is 31.5 Å². The van der Waals surface area contributed by atoms with Gasteiger partial charge in [0.25, 0.3) is 0 Å². The summed E-state index contributed by atoms with van der Waals surface area (Å²) in [6.45, 7) is 1.29. The van der Waals surface area contributed by atoms with Crippen LogP contribution in [0.4, 0.5) is 4.79 Å². The van der Waals surface area contributed by atoms with Gasteiger partial charge in [-0.25, -0.2) is 4.79 Å². The van der Waals surface area contributed by atoms with Crippen molar-refractivity contribution < 1.29 is 24.3 Å². The summed E-state index contributed by atoms with van der Waals surface area (Å²) in [5, 5.41) is 12.8. The van der Waals surface area contributed by atoms with Gasteiger partial charge in [0.2, 0.25) is 0 Å². The fourth-order valence-electron chi connectivity index (χ4n) is 4.16. The number of hydroxylamine groups is 2. The van der Waals surface area contributed by atoms with Crippen molar-refractivity contribution in [1.29, 1.82) is 0 Å². The Balaban J connectivity index is 1.50. The lowest BCUT2D eigenvalue weighted by Crippen LogP contribution is -2.44. The summed E-state index contributed by atoms with van der Waals surface area (Å²) in [5.41, 5.74) is 3.15. The molecular weight excluding hydrogens is 394 g/mol. The summed E-state index contributed by atoms with van der Waals surface area (Å²) in [7, 11) is 0. The highest BCUT2D eigenvalue weighted by Crippen LogP contribution is 2.32. The minimum Gasteiger partial charge on any atom is -0.448 e. The molecule has 1 aliphatic heterocycles. The van der Waals surface area contributed by atoms with E-state index in [1.165, 1.54) is 10.4 Å². The van der Waals surface area contributed by atoms with E-state index in [2.05, 4.69) is 30.3 Å². The Morgan fingerprint density at radius 1 is 1.03 bits per heavy atom. The lowest BCUT2D eigenvalue weighted by Gasteiger charge is -2.37. The molecule has 1 fully saturated rings. The van der Waals surface area contributed by atoms with Gasteiger partial charge in [-0.1, -0.05) is 60.7 Å². The number of carbonyl (C=O) groups is 2. The lowest BCUT2D eigenvalue weighted by atomic mass is 9.87. The topological polar surface area (TPSA) is 76.1 Å². The molecule has 0 saturated carbocycles. The molecule has 1 saturated heterocycles.